The summed E-state index contributed by atoms with van der Waals surface area (Å²) in [5, 5.41) is 16.3. The molecule has 2 N–H and O–H groups in total. The average Bonchev–Trinajstić information content (AvgIpc) is 1.79. The highest BCUT2D eigenvalue weighted by Gasteiger charge is 1.99. The Bertz CT molecular complexity index is 122. The highest BCUT2D eigenvalue weighted by molar-refractivity contribution is 14.0. The Balaban J connectivity index is -0.000000405. The first-order valence-electron chi connectivity index (χ1n) is 3.06. The van der Waals surface area contributed by atoms with E-state index >= 15 is 0 Å². The summed E-state index contributed by atoms with van der Waals surface area (Å²) < 4.78 is 0. The first kappa shape index (κ1) is 18.2. The topological polar surface area (TPSA) is 74.6 Å². The standard InChI is InChI=1S/C6H10O4.2HI/c7-5(8)3-1-2-4-6(9)10;;/h1-4H2,(H,7,8)(H,9,10);2*1H. The van der Waals surface area contributed by atoms with Crippen molar-refractivity contribution in [3.8, 4) is 0 Å². The predicted octanol–water partition coefficient (Wildman–Crippen LogP) is 1.95. The fourth-order valence-corrected chi connectivity index (χ4v) is 0.552. The Morgan fingerprint density at radius 2 is 1.08 bits per heavy atom. The van der Waals surface area contributed by atoms with Gasteiger partial charge >= 0.3 is 11.9 Å². The molecule has 0 aliphatic heterocycles. The third kappa shape index (κ3) is 16.8. The molecule has 0 saturated heterocycles. The monoisotopic (exact) mass is 402 g/mol. The lowest BCUT2D eigenvalue weighted by molar-refractivity contribution is -0.139. The minimum atomic E-state index is -0.870. The maximum absolute atomic E-state index is 9.90. The van der Waals surface area contributed by atoms with Crippen molar-refractivity contribution >= 4 is 59.9 Å². The first-order chi connectivity index (χ1) is 4.63. The van der Waals surface area contributed by atoms with Crippen molar-refractivity contribution < 1.29 is 19.8 Å². The van der Waals surface area contributed by atoms with Gasteiger partial charge in [-0.1, -0.05) is 0 Å². The molecule has 0 aromatic heterocycles. The van der Waals surface area contributed by atoms with Gasteiger partial charge in [-0.05, 0) is 12.8 Å². The zero-order valence-corrected chi connectivity index (χ0v) is 11.0. The van der Waals surface area contributed by atoms with Gasteiger partial charge in [0.15, 0.2) is 0 Å². The van der Waals surface area contributed by atoms with E-state index in [9.17, 15) is 9.59 Å². The number of hydrogen-bond donors (Lipinski definition) is 2. The van der Waals surface area contributed by atoms with E-state index < -0.39 is 11.9 Å². The summed E-state index contributed by atoms with van der Waals surface area (Å²) in [6.07, 6.45) is 1.02. The van der Waals surface area contributed by atoms with E-state index in [1.807, 2.05) is 0 Å². The normalized spacial score (nSPS) is 7.67. The molecule has 12 heavy (non-hydrogen) atoms. The molecule has 0 heterocycles. The third-order valence-corrected chi connectivity index (χ3v) is 1.03. The van der Waals surface area contributed by atoms with E-state index in [4.69, 9.17) is 10.2 Å². The van der Waals surface area contributed by atoms with Gasteiger partial charge in [0.2, 0.25) is 0 Å². The molecule has 0 bridgehead atoms. The molecule has 0 rings (SSSR count). The SMILES string of the molecule is I.I.O=C(O)CCCCC(=O)O. The quantitative estimate of drug-likeness (QED) is 0.545. The lowest BCUT2D eigenvalue weighted by atomic mass is 10.2. The van der Waals surface area contributed by atoms with Crippen LogP contribution in [0.25, 0.3) is 0 Å². The summed E-state index contributed by atoms with van der Waals surface area (Å²) in [5.74, 6) is -1.74. The summed E-state index contributed by atoms with van der Waals surface area (Å²) in [6.45, 7) is 0. The van der Waals surface area contributed by atoms with Crippen LogP contribution in [0, 0.1) is 0 Å². The highest BCUT2D eigenvalue weighted by atomic mass is 127. The summed E-state index contributed by atoms with van der Waals surface area (Å²) in [5.41, 5.74) is 0. The predicted molar refractivity (Wildman–Crippen MR) is 64.6 cm³/mol. The number of hydrogen-bond acceptors (Lipinski definition) is 2. The molecule has 0 aliphatic rings. The average molecular weight is 402 g/mol. The molecule has 0 atom stereocenters. The van der Waals surface area contributed by atoms with Crippen molar-refractivity contribution in [2.24, 2.45) is 0 Å². The van der Waals surface area contributed by atoms with Crippen molar-refractivity contribution in [1.29, 1.82) is 0 Å². The van der Waals surface area contributed by atoms with Gasteiger partial charge in [-0.25, -0.2) is 0 Å². The van der Waals surface area contributed by atoms with E-state index in [2.05, 4.69) is 0 Å². The molecular weight excluding hydrogens is 390 g/mol. The Hall–Kier alpha value is 0.400. The molecule has 0 unspecified atom stereocenters. The van der Waals surface area contributed by atoms with Gasteiger partial charge in [0.05, 0.1) is 0 Å². The van der Waals surface area contributed by atoms with E-state index in [0.29, 0.717) is 12.8 Å². The number of aliphatic carboxylic acids is 2. The van der Waals surface area contributed by atoms with E-state index in [0.717, 1.165) is 0 Å². The Kier molecular flexibility index (Phi) is 17.3. The van der Waals surface area contributed by atoms with Gasteiger partial charge < -0.3 is 10.2 Å². The van der Waals surface area contributed by atoms with Crippen LogP contribution < -0.4 is 0 Å². The number of carboxylic acids is 2. The van der Waals surface area contributed by atoms with E-state index in [-0.39, 0.29) is 60.8 Å². The molecule has 0 amide bonds. The number of rotatable bonds is 5. The minimum Gasteiger partial charge on any atom is -0.481 e. The molecule has 0 aromatic carbocycles. The molecule has 0 radical (unpaired) electrons. The zero-order chi connectivity index (χ0) is 7.98. The molecule has 6 heteroatoms. The lowest BCUT2D eigenvalue weighted by Gasteiger charge is -1.92. The largest absolute Gasteiger partial charge is 0.481 e. The van der Waals surface area contributed by atoms with Gasteiger partial charge in [0.25, 0.3) is 0 Å². The van der Waals surface area contributed by atoms with Crippen LogP contribution in [0.4, 0.5) is 0 Å². The fourth-order valence-electron chi connectivity index (χ4n) is 0.552. The van der Waals surface area contributed by atoms with Crippen molar-refractivity contribution in [2.75, 3.05) is 0 Å². The Morgan fingerprint density at radius 3 is 1.25 bits per heavy atom. The number of carbonyl (C=O) groups is 2. The second-order valence-electron chi connectivity index (χ2n) is 1.99. The smallest absolute Gasteiger partial charge is 0.303 e. The second-order valence-corrected chi connectivity index (χ2v) is 1.99. The molecule has 0 aromatic rings. The van der Waals surface area contributed by atoms with Crippen LogP contribution in [0.5, 0.6) is 0 Å². The second kappa shape index (κ2) is 11.4. The molecule has 0 fully saturated rings. The van der Waals surface area contributed by atoms with Crippen LogP contribution in [0.15, 0.2) is 0 Å². The van der Waals surface area contributed by atoms with Crippen LogP contribution in [0.2, 0.25) is 0 Å². The molecule has 74 valence electrons. The van der Waals surface area contributed by atoms with Crippen LogP contribution in [-0.4, -0.2) is 22.2 Å². The van der Waals surface area contributed by atoms with Crippen molar-refractivity contribution in [3.05, 3.63) is 0 Å². The maximum atomic E-state index is 9.90. The van der Waals surface area contributed by atoms with Crippen LogP contribution in [0.1, 0.15) is 25.7 Å². The fraction of sp³-hybridized carbons (Fsp3) is 0.667. The van der Waals surface area contributed by atoms with Crippen molar-refractivity contribution in [2.45, 2.75) is 25.7 Å². The molecule has 0 aliphatic carbocycles. The van der Waals surface area contributed by atoms with Crippen LogP contribution in [0.3, 0.4) is 0 Å². The summed E-state index contributed by atoms with van der Waals surface area (Å²) >= 11 is 0. The van der Waals surface area contributed by atoms with Gasteiger partial charge in [-0.2, -0.15) is 0 Å². The van der Waals surface area contributed by atoms with E-state index in [1.54, 1.807) is 0 Å². The number of unbranched alkanes of at least 4 members (excludes halogenated alkanes) is 1. The summed E-state index contributed by atoms with van der Waals surface area (Å²) in [6, 6.07) is 0. The maximum Gasteiger partial charge on any atom is 0.303 e. The van der Waals surface area contributed by atoms with Gasteiger partial charge in [0.1, 0.15) is 0 Å². The number of halogens is 2. The highest BCUT2D eigenvalue weighted by Crippen LogP contribution is 1.98. The third-order valence-electron chi connectivity index (χ3n) is 1.03. The lowest BCUT2D eigenvalue weighted by Crippen LogP contribution is -1.97. The molecule has 0 spiro atoms. The Labute approximate surface area is 105 Å². The van der Waals surface area contributed by atoms with Gasteiger partial charge in [-0.15, -0.1) is 48.0 Å². The number of carboxylic acid groups (broad SMARTS) is 2. The molecular formula is C6H12I2O4. The molecule has 0 saturated carbocycles. The summed E-state index contributed by atoms with van der Waals surface area (Å²) in [4.78, 5) is 19.8. The van der Waals surface area contributed by atoms with Gasteiger partial charge in [0, 0.05) is 12.8 Å². The van der Waals surface area contributed by atoms with E-state index in [1.165, 1.54) is 0 Å². The van der Waals surface area contributed by atoms with Gasteiger partial charge in [-0.3, -0.25) is 9.59 Å². The minimum absolute atomic E-state index is 0. The van der Waals surface area contributed by atoms with Crippen molar-refractivity contribution in [3.63, 3.8) is 0 Å². The molecule has 4 nitrogen and oxygen atoms in total. The summed E-state index contributed by atoms with van der Waals surface area (Å²) in [7, 11) is 0. The Morgan fingerprint density at radius 1 is 0.833 bits per heavy atom. The first-order valence-corrected chi connectivity index (χ1v) is 3.06. The van der Waals surface area contributed by atoms with Crippen molar-refractivity contribution in [1.82, 2.24) is 0 Å². The zero-order valence-electron chi connectivity index (χ0n) is 6.36. The van der Waals surface area contributed by atoms with Crippen LogP contribution in [-0.2, 0) is 9.59 Å². The van der Waals surface area contributed by atoms with Crippen LogP contribution >= 0.6 is 48.0 Å².